The van der Waals surface area contributed by atoms with E-state index >= 15 is 0 Å². The molecule has 0 bridgehead atoms. The molecule has 0 saturated carbocycles. The predicted octanol–water partition coefficient (Wildman–Crippen LogP) is 1.50. The molecule has 1 aromatic carbocycles. The second-order valence-corrected chi connectivity index (χ2v) is 3.65. The van der Waals surface area contributed by atoms with E-state index in [0.29, 0.717) is 0 Å². The number of amides is 1. The van der Waals surface area contributed by atoms with Crippen molar-refractivity contribution >= 4 is 23.5 Å². The summed E-state index contributed by atoms with van der Waals surface area (Å²) in [5.74, 6) is 0.628. The quantitative estimate of drug-likeness (QED) is 0.825. The molecule has 0 saturated heterocycles. The zero-order valence-corrected chi connectivity index (χ0v) is 9.65. The fourth-order valence-electron chi connectivity index (χ4n) is 1.28. The zero-order chi connectivity index (χ0) is 12.8. The predicted molar refractivity (Wildman–Crippen MR) is 63.8 cm³/mol. The van der Waals surface area contributed by atoms with Crippen LogP contribution < -0.4 is 0 Å². The Balaban J connectivity index is 2.96. The molecular weight excluding hydrogens is 242 g/mol. The molecular formula is C12H10ClNO3. The number of rotatable bonds is 4. The van der Waals surface area contributed by atoms with Crippen molar-refractivity contribution in [3.8, 4) is 12.3 Å². The smallest absolute Gasteiger partial charge is 0.323 e. The third-order valence-corrected chi connectivity index (χ3v) is 2.33. The number of carboxylic acid groups (broad SMARTS) is 1. The molecule has 17 heavy (non-hydrogen) atoms. The molecule has 0 aliphatic rings. The Labute approximate surface area is 104 Å². The largest absolute Gasteiger partial charge is 0.480 e. The Morgan fingerprint density at radius 3 is 2.59 bits per heavy atom. The SMILES string of the molecule is C#CCN(CC(=O)O)C(=O)c1ccccc1Cl. The lowest BCUT2D eigenvalue weighted by atomic mass is 10.2. The van der Waals surface area contributed by atoms with E-state index in [9.17, 15) is 9.59 Å². The van der Waals surface area contributed by atoms with Crippen molar-refractivity contribution in [1.29, 1.82) is 0 Å². The fraction of sp³-hybridized carbons (Fsp3) is 0.167. The number of hydrogen-bond donors (Lipinski definition) is 1. The summed E-state index contributed by atoms with van der Waals surface area (Å²) < 4.78 is 0. The molecule has 4 nitrogen and oxygen atoms in total. The molecule has 0 spiro atoms. The van der Waals surface area contributed by atoms with E-state index in [1.54, 1.807) is 18.2 Å². The first-order valence-corrected chi connectivity index (χ1v) is 5.13. The van der Waals surface area contributed by atoms with Gasteiger partial charge in [0.25, 0.3) is 5.91 Å². The number of halogens is 1. The van der Waals surface area contributed by atoms with Gasteiger partial charge in [0.15, 0.2) is 0 Å². The van der Waals surface area contributed by atoms with Crippen LogP contribution in [0.3, 0.4) is 0 Å². The van der Waals surface area contributed by atoms with Gasteiger partial charge in [-0.1, -0.05) is 29.7 Å². The minimum atomic E-state index is -1.12. The van der Waals surface area contributed by atoms with E-state index in [1.807, 2.05) is 0 Å². The Kier molecular flexibility index (Phi) is 4.56. The number of carbonyl (C=O) groups excluding carboxylic acids is 1. The lowest BCUT2D eigenvalue weighted by Crippen LogP contribution is -2.36. The summed E-state index contributed by atoms with van der Waals surface area (Å²) in [5.41, 5.74) is 0.241. The minimum Gasteiger partial charge on any atom is -0.480 e. The van der Waals surface area contributed by atoms with Gasteiger partial charge >= 0.3 is 5.97 Å². The monoisotopic (exact) mass is 251 g/mol. The highest BCUT2D eigenvalue weighted by molar-refractivity contribution is 6.33. The average molecular weight is 252 g/mol. The van der Waals surface area contributed by atoms with Crippen molar-refractivity contribution in [2.45, 2.75) is 0 Å². The maximum Gasteiger partial charge on any atom is 0.323 e. The van der Waals surface area contributed by atoms with Gasteiger partial charge < -0.3 is 10.0 Å². The fourth-order valence-corrected chi connectivity index (χ4v) is 1.49. The molecule has 1 N–H and O–H groups in total. The number of carbonyl (C=O) groups is 2. The van der Waals surface area contributed by atoms with Crippen molar-refractivity contribution < 1.29 is 14.7 Å². The minimum absolute atomic E-state index is 0.0731. The normalized spacial score (nSPS) is 9.41. The van der Waals surface area contributed by atoms with Crippen molar-refractivity contribution in [1.82, 2.24) is 4.90 Å². The van der Waals surface area contributed by atoms with Crippen molar-refractivity contribution in [2.24, 2.45) is 0 Å². The summed E-state index contributed by atoms with van der Waals surface area (Å²) in [6.45, 7) is -0.523. The van der Waals surface area contributed by atoms with Crippen molar-refractivity contribution in [3.63, 3.8) is 0 Å². The number of terminal acetylenes is 1. The topological polar surface area (TPSA) is 57.6 Å². The summed E-state index contributed by atoms with van der Waals surface area (Å²) in [7, 11) is 0. The molecule has 5 heteroatoms. The van der Waals surface area contributed by atoms with Gasteiger partial charge in [0.1, 0.15) is 6.54 Å². The van der Waals surface area contributed by atoms with Gasteiger partial charge in [0.2, 0.25) is 0 Å². The van der Waals surface area contributed by atoms with E-state index in [4.69, 9.17) is 23.1 Å². The summed E-state index contributed by atoms with van der Waals surface area (Å²) in [6.07, 6.45) is 5.09. The van der Waals surface area contributed by atoms with Gasteiger partial charge in [-0.2, -0.15) is 0 Å². The first kappa shape index (κ1) is 13.1. The second kappa shape index (κ2) is 5.92. The molecule has 1 amide bonds. The van der Waals surface area contributed by atoms with Crippen LogP contribution in [0.15, 0.2) is 24.3 Å². The van der Waals surface area contributed by atoms with E-state index in [-0.39, 0.29) is 17.1 Å². The summed E-state index contributed by atoms with van der Waals surface area (Å²) in [6, 6.07) is 6.41. The van der Waals surface area contributed by atoms with Gasteiger partial charge in [-0.15, -0.1) is 6.42 Å². The van der Waals surface area contributed by atoms with Crippen molar-refractivity contribution in [2.75, 3.05) is 13.1 Å². The van der Waals surface area contributed by atoms with Crippen LogP contribution in [0.5, 0.6) is 0 Å². The lowest BCUT2D eigenvalue weighted by molar-refractivity contribution is -0.137. The average Bonchev–Trinajstić information content (AvgIpc) is 2.28. The molecule has 0 radical (unpaired) electrons. The Morgan fingerprint density at radius 2 is 2.06 bits per heavy atom. The van der Waals surface area contributed by atoms with Crippen LogP contribution in [-0.4, -0.2) is 35.0 Å². The highest BCUT2D eigenvalue weighted by atomic mass is 35.5. The number of aliphatic carboxylic acids is 1. The summed E-state index contributed by atoms with van der Waals surface area (Å²) >= 11 is 5.85. The first-order chi connectivity index (χ1) is 8.06. The Hall–Kier alpha value is -1.99. The van der Waals surface area contributed by atoms with Gasteiger partial charge in [0.05, 0.1) is 17.1 Å². The van der Waals surface area contributed by atoms with E-state index < -0.39 is 18.4 Å². The number of nitrogens with zero attached hydrogens (tertiary/aromatic N) is 1. The van der Waals surface area contributed by atoms with Crippen LogP contribution in [0.2, 0.25) is 5.02 Å². The molecule has 0 unspecified atom stereocenters. The summed E-state index contributed by atoms with van der Waals surface area (Å²) in [4.78, 5) is 23.6. The van der Waals surface area contributed by atoms with Gasteiger partial charge in [-0.3, -0.25) is 9.59 Å². The second-order valence-electron chi connectivity index (χ2n) is 3.24. The van der Waals surface area contributed by atoms with Crippen molar-refractivity contribution in [3.05, 3.63) is 34.9 Å². The highest BCUT2D eigenvalue weighted by Crippen LogP contribution is 2.16. The summed E-state index contributed by atoms with van der Waals surface area (Å²) in [5, 5.41) is 8.95. The highest BCUT2D eigenvalue weighted by Gasteiger charge is 2.19. The van der Waals surface area contributed by atoms with Crippen LogP contribution in [0, 0.1) is 12.3 Å². The molecule has 0 fully saturated rings. The number of carboxylic acids is 1. The molecule has 1 aromatic rings. The number of hydrogen-bond acceptors (Lipinski definition) is 2. The molecule has 0 aromatic heterocycles. The number of benzene rings is 1. The van der Waals surface area contributed by atoms with E-state index in [2.05, 4.69) is 5.92 Å². The van der Waals surface area contributed by atoms with Crippen LogP contribution in [0.1, 0.15) is 10.4 Å². The maximum atomic E-state index is 12.0. The van der Waals surface area contributed by atoms with Gasteiger partial charge in [0, 0.05) is 0 Å². The van der Waals surface area contributed by atoms with E-state index in [1.165, 1.54) is 6.07 Å². The lowest BCUT2D eigenvalue weighted by Gasteiger charge is -2.18. The molecule has 0 atom stereocenters. The van der Waals surface area contributed by atoms with E-state index in [0.717, 1.165) is 4.90 Å². The molecule has 0 aliphatic carbocycles. The molecule has 0 heterocycles. The third kappa shape index (κ3) is 3.51. The Bertz CT molecular complexity index is 479. The Morgan fingerprint density at radius 1 is 1.41 bits per heavy atom. The zero-order valence-electron chi connectivity index (χ0n) is 8.89. The molecule has 88 valence electrons. The van der Waals surface area contributed by atoms with Crippen LogP contribution in [0.25, 0.3) is 0 Å². The van der Waals surface area contributed by atoms with Gasteiger partial charge in [-0.25, -0.2) is 0 Å². The molecule has 1 rings (SSSR count). The first-order valence-electron chi connectivity index (χ1n) is 4.75. The third-order valence-electron chi connectivity index (χ3n) is 2.00. The van der Waals surface area contributed by atoms with Crippen LogP contribution in [-0.2, 0) is 4.79 Å². The standard InChI is InChI=1S/C12H10ClNO3/c1-2-7-14(8-11(15)16)12(17)9-5-3-4-6-10(9)13/h1,3-6H,7-8H2,(H,15,16). The maximum absolute atomic E-state index is 12.0. The van der Waals surface area contributed by atoms with Crippen LogP contribution >= 0.6 is 11.6 Å². The van der Waals surface area contributed by atoms with Crippen LogP contribution in [0.4, 0.5) is 0 Å². The van der Waals surface area contributed by atoms with Gasteiger partial charge in [-0.05, 0) is 12.1 Å². The molecule has 0 aliphatic heterocycles.